The summed E-state index contributed by atoms with van der Waals surface area (Å²) in [7, 11) is 1.45. The van der Waals surface area contributed by atoms with Crippen molar-refractivity contribution in [1.29, 1.82) is 0 Å². The van der Waals surface area contributed by atoms with Crippen molar-refractivity contribution in [2.75, 3.05) is 7.11 Å². The molecule has 1 atom stereocenters. The number of hydrogen-bond acceptors (Lipinski definition) is 4. The predicted molar refractivity (Wildman–Crippen MR) is 49.4 cm³/mol. The molecule has 0 aliphatic carbocycles. The van der Waals surface area contributed by atoms with E-state index in [1.165, 1.54) is 30.6 Å². The van der Waals surface area contributed by atoms with Crippen LogP contribution in [0.5, 0.6) is 0 Å². The Morgan fingerprint density at radius 3 is 3.07 bits per heavy atom. The molecule has 76 valence electrons. The average Bonchev–Trinajstić information content (AvgIpc) is 2.66. The zero-order valence-electron chi connectivity index (χ0n) is 7.92. The normalized spacial score (nSPS) is 12.1. The van der Waals surface area contributed by atoms with Gasteiger partial charge in [0.1, 0.15) is 6.33 Å². The van der Waals surface area contributed by atoms with Gasteiger partial charge in [0, 0.05) is 19.7 Å². The van der Waals surface area contributed by atoms with Crippen LogP contribution in [0, 0.1) is 0 Å². The lowest BCUT2D eigenvalue weighted by atomic mass is 10.2. The summed E-state index contributed by atoms with van der Waals surface area (Å²) in [5, 5.41) is 0. The lowest BCUT2D eigenvalue weighted by Gasteiger charge is -2.11. The first-order valence-electron chi connectivity index (χ1n) is 4.11. The first-order chi connectivity index (χ1) is 6.77. The maximum Gasteiger partial charge on any atom is 0.361 e. The van der Waals surface area contributed by atoms with Gasteiger partial charge in [0.05, 0.1) is 6.20 Å². The largest absolute Gasteiger partial charge is 0.369 e. The van der Waals surface area contributed by atoms with Gasteiger partial charge in [0.25, 0.3) is 0 Å². The van der Waals surface area contributed by atoms with Crippen LogP contribution in [0.15, 0.2) is 31.4 Å². The first-order valence-corrected chi connectivity index (χ1v) is 4.11. The third kappa shape index (κ3) is 2.70. The molecule has 0 saturated carbocycles. The molecule has 1 aromatic rings. The van der Waals surface area contributed by atoms with Gasteiger partial charge in [0.2, 0.25) is 0 Å². The van der Waals surface area contributed by atoms with Crippen LogP contribution in [0.1, 0.15) is 6.42 Å². The highest BCUT2D eigenvalue weighted by Crippen LogP contribution is 1.99. The second-order valence-electron chi connectivity index (χ2n) is 2.58. The zero-order chi connectivity index (χ0) is 10.4. The molecule has 1 heterocycles. The first kappa shape index (κ1) is 10.5. The number of carbonyl (C=O) groups is 1. The Labute approximate surface area is 81.9 Å². The van der Waals surface area contributed by atoms with Gasteiger partial charge >= 0.3 is 5.97 Å². The quantitative estimate of drug-likeness (QED) is 0.641. The molecular weight excluding hydrogens is 184 g/mol. The van der Waals surface area contributed by atoms with Crippen LogP contribution in [0.2, 0.25) is 0 Å². The molecule has 0 bridgehead atoms. The number of hydrogen-bond donors (Lipinski definition) is 0. The molecule has 0 amide bonds. The fourth-order valence-corrected chi connectivity index (χ4v) is 0.904. The highest BCUT2D eigenvalue weighted by molar-refractivity contribution is 5.75. The molecule has 14 heavy (non-hydrogen) atoms. The van der Waals surface area contributed by atoms with E-state index >= 15 is 0 Å². The number of carbonyl (C=O) groups excluding carboxylic acids is 1. The SMILES string of the molecule is C=CCC(OC)C(=O)On1ccnc1. The van der Waals surface area contributed by atoms with E-state index in [1.54, 1.807) is 6.08 Å². The fraction of sp³-hybridized carbons (Fsp3) is 0.333. The van der Waals surface area contributed by atoms with Gasteiger partial charge in [-0.3, -0.25) is 0 Å². The van der Waals surface area contributed by atoms with Gasteiger partial charge in [-0.25, -0.2) is 9.78 Å². The van der Waals surface area contributed by atoms with Gasteiger partial charge in [-0.2, -0.15) is 4.73 Å². The molecular formula is C9H12N2O3. The van der Waals surface area contributed by atoms with Crippen molar-refractivity contribution in [3.05, 3.63) is 31.4 Å². The average molecular weight is 196 g/mol. The van der Waals surface area contributed by atoms with Gasteiger partial charge in [-0.05, 0) is 0 Å². The molecule has 0 aliphatic heterocycles. The molecule has 0 aliphatic rings. The van der Waals surface area contributed by atoms with Crippen molar-refractivity contribution in [2.24, 2.45) is 0 Å². The summed E-state index contributed by atoms with van der Waals surface area (Å²) >= 11 is 0. The van der Waals surface area contributed by atoms with Crippen molar-refractivity contribution in [2.45, 2.75) is 12.5 Å². The summed E-state index contributed by atoms with van der Waals surface area (Å²) in [4.78, 5) is 20.0. The molecule has 0 N–H and O–H groups in total. The molecule has 0 saturated heterocycles. The van der Waals surface area contributed by atoms with E-state index in [2.05, 4.69) is 11.6 Å². The topological polar surface area (TPSA) is 53.4 Å². The Morgan fingerprint density at radius 2 is 2.57 bits per heavy atom. The van der Waals surface area contributed by atoms with Crippen LogP contribution < -0.4 is 4.84 Å². The lowest BCUT2D eigenvalue weighted by Crippen LogP contribution is -2.31. The van der Waals surface area contributed by atoms with Crippen LogP contribution >= 0.6 is 0 Å². The minimum Gasteiger partial charge on any atom is -0.369 e. The Hall–Kier alpha value is -1.62. The predicted octanol–water partition coefficient (Wildman–Crippen LogP) is 0.429. The van der Waals surface area contributed by atoms with Crippen LogP contribution in [0.25, 0.3) is 0 Å². The Morgan fingerprint density at radius 1 is 1.79 bits per heavy atom. The molecule has 0 aromatic carbocycles. The van der Waals surface area contributed by atoms with E-state index in [0.717, 1.165) is 0 Å². The second-order valence-corrected chi connectivity index (χ2v) is 2.58. The van der Waals surface area contributed by atoms with Crippen molar-refractivity contribution in [3.8, 4) is 0 Å². The third-order valence-corrected chi connectivity index (χ3v) is 1.60. The summed E-state index contributed by atoms with van der Waals surface area (Å²) in [6, 6.07) is 0. The molecule has 0 fully saturated rings. The van der Waals surface area contributed by atoms with Crippen molar-refractivity contribution in [3.63, 3.8) is 0 Å². The van der Waals surface area contributed by atoms with E-state index in [9.17, 15) is 4.79 Å². The number of rotatable bonds is 5. The van der Waals surface area contributed by atoms with E-state index in [4.69, 9.17) is 9.57 Å². The minimum atomic E-state index is -0.616. The summed E-state index contributed by atoms with van der Waals surface area (Å²) in [5.41, 5.74) is 0. The smallest absolute Gasteiger partial charge is 0.361 e. The zero-order valence-corrected chi connectivity index (χ0v) is 7.92. The summed E-state index contributed by atoms with van der Waals surface area (Å²) in [6.45, 7) is 3.52. The van der Waals surface area contributed by atoms with Crippen LogP contribution in [0.4, 0.5) is 0 Å². The minimum absolute atomic E-state index is 0.421. The van der Waals surface area contributed by atoms with E-state index in [1.807, 2.05) is 0 Å². The van der Waals surface area contributed by atoms with Crippen LogP contribution in [0.3, 0.4) is 0 Å². The Balaban J connectivity index is 2.51. The maximum atomic E-state index is 11.4. The summed E-state index contributed by atoms with van der Waals surface area (Å²) < 4.78 is 6.14. The number of nitrogens with zero attached hydrogens (tertiary/aromatic N) is 2. The molecule has 5 heteroatoms. The van der Waals surface area contributed by atoms with E-state index < -0.39 is 12.1 Å². The van der Waals surface area contributed by atoms with Crippen LogP contribution in [-0.2, 0) is 9.53 Å². The number of ether oxygens (including phenoxy) is 1. The molecule has 5 nitrogen and oxygen atoms in total. The van der Waals surface area contributed by atoms with E-state index in [-0.39, 0.29) is 0 Å². The molecule has 1 aromatic heterocycles. The van der Waals surface area contributed by atoms with Crippen molar-refractivity contribution >= 4 is 5.97 Å². The number of aromatic nitrogens is 2. The fourth-order valence-electron chi connectivity index (χ4n) is 0.904. The lowest BCUT2D eigenvalue weighted by molar-refractivity contribution is -0.155. The van der Waals surface area contributed by atoms with Gasteiger partial charge < -0.3 is 9.57 Å². The van der Waals surface area contributed by atoms with Crippen molar-refractivity contribution < 1.29 is 14.4 Å². The summed E-state index contributed by atoms with van der Waals surface area (Å²) in [5.74, 6) is -0.467. The molecule has 1 unspecified atom stereocenters. The Kier molecular flexibility index (Phi) is 3.87. The van der Waals surface area contributed by atoms with Crippen LogP contribution in [-0.4, -0.2) is 28.9 Å². The number of methoxy groups -OCH3 is 1. The second kappa shape index (κ2) is 5.18. The van der Waals surface area contributed by atoms with Gasteiger partial charge in [-0.15, -0.1) is 6.58 Å². The van der Waals surface area contributed by atoms with Gasteiger partial charge in [-0.1, -0.05) is 6.08 Å². The molecule has 0 radical (unpaired) electrons. The molecule has 1 rings (SSSR count). The van der Waals surface area contributed by atoms with Gasteiger partial charge in [0.15, 0.2) is 6.10 Å². The Bertz CT molecular complexity index is 295. The standard InChI is InChI=1S/C9H12N2O3/c1-3-4-8(13-2)9(12)14-11-6-5-10-7-11/h3,5-8H,1,4H2,2H3. The highest BCUT2D eigenvalue weighted by atomic mass is 16.7. The highest BCUT2D eigenvalue weighted by Gasteiger charge is 2.18. The van der Waals surface area contributed by atoms with E-state index in [0.29, 0.717) is 6.42 Å². The third-order valence-electron chi connectivity index (χ3n) is 1.60. The number of imidazole rings is 1. The summed E-state index contributed by atoms with van der Waals surface area (Å²) in [6.07, 6.45) is 5.84. The monoisotopic (exact) mass is 196 g/mol. The maximum absolute atomic E-state index is 11.4. The molecule has 0 spiro atoms. The van der Waals surface area contributed by atoms with Crippen molar-refractivity contribution in [1.82, 2.24) is 9.71 Å².